The molecule has 4 aliphatic rings. The first kappa shape index (κ1) is 29.5. The second kappa shape index (κ2) is 12.1. The molecule has 4 fully saturated rings. The molecule has 4 saturated carbocycles. The second-order valence-corrected chi connectivity index (χ2v) is 13.6. The van der Waals surface area contributed by atoms with Crippen LogP contribution in [0.3, 0.4) is 0 Å². The van der Waals surface area contributed by atoms with Gasteiger partial charge in [-0.3, -0.25) is 0 Å². The van der Waals surface area contributed by atoms with E-state index in [1.54, 1.807) is 6.26 Å². The summed E-state index contributed by atoms with van der Waals surface area (Å²) in [5.41, 5.74) is 4.17. The fourth-order valence-corrected chi connectivity index (χ4v) is 8.18. The number of aliphatic hydroxyl groups is 3. The van der Waals surface area contributed by atoms with Gasteiger partial charge in [-0.2, -0.15) is 0 Å². The van der Waals surface area contributed by atoms with Crippen LogP contribution in [0.1, 0.15) is 109 Å². The summed E-state index contributed by atoms with van der Waals surface area (Å²) in [4.78, 5) is 4.77. The Bertz CT molecular complexity index is 1140. The van der Waals surface area contributed by atoms with Gasteiger partial charge in [0.05, 0.1) is 29.4 Å². The van der Waals surface area contributed by atoms with Crippen LogP contribution in [-0.2, 0) is 11.8 Å². The number of aromatic nitrogens is 1. The zero-order chi connectivity index (χ0) is 28.5. The van der Waals surface area contributed by atoms with Crippen molar-refractivity contribution in [2.24, 2.45) is 23.2 Å². The van der Waals surface area contributed by atoms with E-state index >= 15 is 0 Å². The van der Waals surface area contributed by atoms with Crippen LogP contribution in [0.5, 0.6) is 0 Å². The first-order chi connectivity index (χ1) is 19.2. The van der Waals surface area contributed by atoms with E-state index in [1.807, 2.05) is 6.08 Å². The highest BCUT2D eigenvalue weighted by atomic mass is 16.3. The van der Waals surface area contributed by atoms with Crippen molar-refractivity contribution in [3.8, 4) is 0 Å². The normalized spacial score (nSPS) is 35.4. The summed E-state index contributed by atoms with van der Waals surface area (Å²) in [6, 6.07) is 0. The van der Waals surface area contributed by atoms with Crippen LogP contribution in [0.4, 0.5) is 0 Å². The molecule has 0 aliphatic heterocycles. The molecular formula is C35H51NO4. The average molecular weight is 550 g/mol. The Morgan fingerprint density at radius 3 is 2.70 bits per heavy atom. The first-order valence-corrected chi connectivity index (χ1v) is 15.9. The molecule has 7 atom stereocenters. The molecule has 0 unspecified atom stereocenters. The van der Waals surface area contributed by atoms with Gasteiger partial charge in [0.25, 0.3) is 0 Å². The van der Waals surface area contributed by atoms with Crippen molar-refractivity contribution in [3.05, 3.63) is 65.5 Å². The Morgan fingerprint density at radius 1 is 1.15 bits per heavy atom. The molecule has 220 valence electrons. The second-order valence-electron chi connectivity index (χ2n) is 13.6. The Morgan fingerprint density at radius 2 is 1.95 bits per heavy atom. The quantitative estimate of drug-likeness (QED) is 0.213. The molecule has 0 aromatic carbocycles. The van der Waals surface area contributed by atoms with E-state index in [-0.39, 0.29) is 10.8 Å². The largest absolute Gasteiger partial charge is 0.448 e. The molecule has 0 radical (unpaired) electrons. The summed E-state index contributed by atoms with van der Waals surface area (Å²) < 4.78 is 5.88. The Balaban J connectivity index is 1.24. The Labute approximate surface area is 241 Å². The number of aliphatic hydroxyl groups excluding tert-OH is 3. The fourth-order valence-electron chi connectivity index (χ4n) is 8.18. The van der Waals surface area contributed by atoms with Crippen LogP contribution in [0.25, 0.3) is 0 Å². The molecular weight excluding hydrogens is 498 g/mol. The number of oxazole rings is 1. The lowest BCUT2D eigenvalue weighted by molar-refractivity contribution is 0.0862. The number of unbranched alkanes of at least 4 members (excludes halogenated alkanes) is 2. The van der Waals surface area contributed by atoms with Gasteiger partial charge >= 0.3 is 0 Å². The number of hydrogen-bond acceptors (Lipinski definition) is 5. The molecule has 4 aliphatic carbocycles. The first-order valence-electron chi connectivity index (χ1n) is 15.9. The van der Waals surface area contributed by atoms with E-state index in [9.17, 15) is 15.3 Å². The lowest BCUT2D eigenvalue weighted by atomic mass is 9.61. The molecule has 0 spiro atoms. The molecule has 0 bridgehead atoms. The van der Waals surface area contributed by atoms with Gasteiger partial charge in [-0.05, 0) is 98.5 Å². The highest BCUT2D eigenvalue weighted by Gasteiger charge is 2.54. The number of hydrogen-bond donors (Lipinski definition) is 3. The number of aryl methyl sites for hydroxylation is 1. The van der Waals surface area contributed by atoms with Crippen molar-refractivity contribution in [2.75, 3.05) is 0 Å². The summed E-state index contributed by atoms with van der Waals surface area (Å²) in [5.74, 6) is 2.24. The maximum absolute atomic E-state index is 11.3. The lowest BCUT2D eigenvalue weighted by Gasteiger charge is -2.44. The van der Waals surface area contributed by atoms with E-state index in [0.717, 1.165) is 48.9 Å². The summed E-state index contributed by atoms with van der Waals surface area (Å²) in [5, 5.41) is 31.6. The zero-order valence-electron chi connectivity index (χ0n) is 24.9. The van der Waals surface area contributed by atoms with Gasteiger partial charge in [0.1, 0.15) is 6.26 Å². The van der Waals surface area contributed by atoms with Crippen molar-refractivity contribution in [2.45, 2.75) is 128 Å². The highest BCUT2D eigenvalue weighted by Crippen LogP contribution is 2.60. The smallest absolute Gasteiger partial charge is 0.203 e. The molecule has 0 amide bonds. The van der Waals surface area contributed by atoms with Gasteiger partial charge < -0.3 is 19.7 Å². The molecule has 0 saturated heterocycles. The lowest BCUT2D eigenvalue weighted by Crippen LogP contribution is -2.35. The van der Waals surface area contributed by atoms with Crippen molar-refractivity contribution >= 4 is 0 Å². The molecule has 5 nitrogen and oxygen atoms in total. The standard InChI is InChI=1S/C35H51NO4/c1-5-6-7-10-27-22-40-33(36-27)35(18-19-35)32(39)16-11-23(2)29-14-15-30-25(9-8-17-34(29,30)4)12-13-26-20-28(37)21-31(38)24(26)3/h11-13,16,22-23,28-32,37-39H,3,5-10,14-15,17-21H2,1-2,4H3/t23-,28-,29-,30+,31+,32-,34-/m1/s1. The summed E-state index contributed by atoms with van der Waals surface area (Å²) in [7, 11) is 0. The van der Waals surface area contributed by atoms with Gasteiger partial charge in [-0.1, -0.05) is 70.1 Å². The molecule has 5 heteroatoms. The van der Waals surface area contributed by atoms with Crippen LogP contribution >= 0.6 is 0 Å². The Kier molecular flexibility index (Phi) is 8.94. The topological polar surface area (TPSA) is 86.7 Å². The van der Waals surface area contributed by atoms with E-state index in [4.69, 9.17) is 9.40 Å². The summed E-state index contributed by atoms with van der Waals surface area (Å²) >= 11 is 0. The van der Waals surface area contributed by atoms with Gasteiger partial charge in [0, 0.05) is 6.42 Å². The van der Waals surface area contributed by atoms with Crippen LogP contribution < -0.4 is 0 Å². The van der Waals surface area contributed by atoms with Crippen LogP contribution in [-0.4, -0.2) is 38.6 Å². The number of allylic oxidation sites excluding steroid dienone is 4. The summed E-state index contributed by atoms with van der Waals surface area (Å²) in [6.07, 6.45) is 22.0. The van der Waals surface area contributed by atoms with E-state index < -0.39 is 18.3 Å². The third-order valence-electron chi connectivity index (χ3n) is 10.9. The zero-order valence-corrected chi connectivity index (χ0v) is 24.9. The van der Waals surface area contributed by atoms with Gasteiger partial charge in [-0.15, -0.1) is 0 Å². The third kappa shape index (κ3) is 5.84. The highest BCUT2D eigenvalue weighted by molar-refractivity contribution is 5.38. The van der Waals surface area contributed by atoms with Crippen molar-refractivity contribution in [3.63, 3.8) is 0 Å². The maximum atomic E-state index is 11.3. The minimum absolute atomic E-state index is 0.243. The molecule has 40 heavy (non-hydrogen) atoms. The number of rotatable bonds is 10. The number of fused-ring (bicyclic) bond motifs is 1. The van der Waals surface area contributed by atoms with E-state index in [1.165, 1.54) is 44.1 Å². The van der Waals surface area contributed by atoms with Crippen molar-refractivity contribution in [1.29, 1.82) is 0 Å². The van der Waals surface area contributed by atoms with Gasteiger partial charge in [0.2, 0.25) is 5.89 Å². The molecule has 1 aromatic heterocycles. The van der Waals surface area contributed by atoms with E-state index in [0.29, 0.717) is 36.5 Å². The van der Waals surface area contributed by atoms with Crippen LogP contribution in [0.15, 0.2) is 58.3 Å². The minimum atomic E-state index is -0.643. The van der Waals surface area contributed by atoms with E-state index in [2.05, 4.69) is 45.6 Å². The Hall–Kier alpha value is -1.95. The van der Waals surface area contributed by atoms with Crippen LogP contribution in [0.2, 0.25) is 0 Å². The molecule has 5 rings (SSSR count). The van der Waals surface area contributed by atoms with Gasteiger partial charge in [-0.25, -0.2) is 4.98 Å². The monoisotopic (exact) mass is 549 g/mol. The average Bonchev–Trinajstić information content (AvgIpc) is 3.46. The van der Waals surface area contributed by atoms with Crippen molar-refractivity contribution < 1.29 is 19.7 Å². The van der Waals surface area contributed by atoms with Crippen molar-refractivity contribution in [1.82, 2.24) is 4.98 Å². The third-order valence-corrected chi connectivity index (χ3v) is 10.9. The predicted octanol–water partition coefficient (Wildman–Crippen LogP) is 7.13. The fraction of sp³-hybridized carbons (Fsp3) is 0.686. The molecule has 3 N–H and O–H groups in total. The predicted molar refractivity (Wildman–Crippen MR) is 160 cm³/mol. The number of nitrogens with zero attached hydrogens (tertiary/aromatic N) is 1. The SMILES string of the molecule is C=C1C(=CC=C2CCC[C@]3(C)[C@@H]([C@H](C)C=C[C@@H](O)C4(c5nc(CCCCC)co5)CC4)CC[C@@H]23)C[C@@H](O)C[C@@H]1O. The molecule has 1 heterocycles. The van der Waals surface area contributed by atoms with Gasteiger partial charge in [0.15, 0.2) is 0 Å². The van der Waals surface area contributed by atoms with Crippen LogP contribution in [0, 0.1) is 23.2 Å². The summed E-state index contributed by atoms with van der Waals surface area (Å²) in [6.45, 7) is 11.1. The molecule has 1 aromatic rings. The minimum Gasteiger partial charge on any atom is -0.448 e. The maximum Gasteiger partial charge on any atom is 0.203 e.